The predicted molar refractivity (Wildman–Crippen MR) is 284 cm³/mol. The Hall–Kier alpha value is -1.59. The largest absolute Gasteiger partial charge is 0.462 e. The molecule has 0 N–H and O–H groups in total. The van der Waals surface area contributed by atoms with Crippen LogP contribution in [0.1, 0.15) is 336 Å². The van der Waals surface area contributed by atoms with E-state index in [0.29, 0.717) is 19.3 Å². The summed E-state index contributed by atoms with van der Waals surface area (Å²) in [5, 5.41) is 0. The maximum atomic E-state index is 12.9. The Bertz CT molecular complexity index is 1010. The van der Waals surface area contributed by atoms with E-state index in [0.717, 1.165) is 69.6 Å². The number of hydrogen-bond acceptors (Lipinski definition) is 6. The summed E-state index contributed by atoms with van der Waals surface area (Å²) in [7, 11) is 0. The molecule has 1 atom stereocenters. The quantitative estimate of drug-likeness (QED) is 0.0343. The van der Waals surface area contributed by atoms with E-state index in [1.807, 2.05) is 0 Å². The Morgan fingerprint density at radius 2 is 0.500 bits per heavy atom. The van der Waals surface area contributed by atoms with E-state index in [-0.39, 0.29) is 31.1 Å². The molecule has 0 rings (SSSR count). The molecule has 0 aliphatic rings. The molecule has 0 fully saturated rings. The first-order valence-corrected chi connectivity index (χ1v) is 29.7. The number of carbonyl (C=O) groups excluding carboxylic acids is 3. The summed E-state index contributed by atoms with van der Waals surface area (Å²) in [5.41, 5.74) is 0. The van der Waals surface area contributed by atoms with E-state index in [4.69, 9.17) is 14.2 Å². The Morgan fingerprint density at radius 3 is 0.742 bits per heavy atom. The fraction of sp³-hybridized carbons (Fsp3) is 0.950. The summed E-state index contributed by atoms with van der Waals surface area (Å²) in [6, 6.07) is 0. The summed E-state index contributed by atoms with van der Waals surface area (Å²) in [6.45, 7) is 11.4. The van der Waals surface area contributed by atoms with Gasteiger partial charge in [-0.2, -0.15) is 0 Å². The van der Waals surface area contributed by atoms with E-state index in [1.165, 1.54) is 225 Å². The number of carbonyl (C=O) groups is 3. The topological polar surface area (TPSA) is 78.9 Å². The average Bonchev–Trinajstić information content (AvgIpc) is 3.29. The highest BCUT2D eigenvalue weighted by Gasteiger charge is 2.19. The van der Waals surface area contributed by atoms with Crippen LogP contribution in [0.3, 0.4) is 0 Å². The van der Waals surface area contributed by atoms with Crippen LogP contribution in [-0.2, 0) is 28.6 Å². The molecule has 6 heteroatoms. The molecule has 0 aliphatic carbocycles. The highest BCUT2D eigenvalue weighted by molar-refractivity contribution is 5.71. The van der Waals surface area contributed by atoms with Crippen molar-refractivity contribution < 1.29 is 28.6 Å². The summed E-state index contributed by atoms with van der Waals surface area (Å²) in [5.74, 6) is 0.851. The lowest BCUT2D eigenvalue weighted by molar-refractivity contribution is -0.167. The number of rotatable bonds is 54. The van der Waals surface area contributed by atoms with E-state index in [9.17, 15) is 14.4 Å². The summed E-state index contributed by atoms with van der Waals surface area (Å²) < 4.78 is 16.9. The van der Waals surface area contributed by atoms with Gasteiger partial charge in [0, 0.05) is 19.3 Å². The van der Waals surface area contributed by atoms with Crippen molar-refractivity contribution in [1.82, 2.24) is 0 Å². The van der Waals surface area contributed by atoms with Crippen molar-refractivity contribution in [2.24, 2.45) is 11.8 Å². The second kappa shape index (κ2) is 52.8. The standard InChI is InChI=1S/C60H116O6/c1-6-7-8-9-10-11-12-13-20-25-30-35-40-45-50-58(61)64-53-57(66-60(63)52-47-42-37-32-27-22-17-19-24-29-34-39-44-49-56(4)5)54-65-59(62)51-46-41-36-31-26-21-16-14-15-18-23-28-33-38-43-48-55(2)3/h55-57H,6-54H2,1-5H3/t57-/m1/s1. The second-order valence-corrected chi connectivity index (χ2v) is 21.6. The monoisotopic (exact) mass is 933 g/mol. The second-order valence-electron chi connectivity index (χ2n) is 21.6. The smallest absolute Gasteiger partial charge is 0.306 e. The minimum Gasteiger partial charge on any atom is -0.462 e. The van der Waals surface area contributed by atoms with Crippen molar-refractivity contribution in [2.45, 2.75) is 343 Å². The van der Waals surface area contributed by atoms with Crippen molar-refractivity contribution in [3.8, 4) is 0 Å². The predicted octanol–water partition coefficient (Wildman–Crippen LogP) is 19.7. The van der Waals surface area contributed by atoms with E-state index < -0.39 is 6.10 Å². The summed E-state index contributed by atoms with van der Waals surface area (Å²) >= 11 is 0. The molecule has 6 nitrogen and oxygen atoms in total. The zero-order chi connectivity index (χ0) is 48.2. The van der Waals surface area contributed by atoms with Crippen molar-refractivity contribution >= 4 is 17.9 Å². The molecule has 392 valence electrons. The van der Waals surface area contributed by atoms with Gasteiger partial charge in [-0.05, 0) is 31.1 Å². The van der Waals surface area contributed by atoms with Crippen LogP contribution in [0.15, 0.2) is 0 Å². The molecular formula is C60H116O6. The zero-order valence-electron chi connectivity index (χ0n) is 45.3. The first-order valence-electron chi connectivity index (χ1n) is 29.7. The normalized spacial score (nSPS) is 12.0. The van der Waals surface area contributed by atoms with Gasteiger partial charge < -0.3 is 14.2 Å². The van der Waals surface area contributed by atoms with Gasteiger partial charge in [0.1, 0.15) is 13.2 Å². The third kappa shape index (κ3) is 53.4. The maximum absolute atomic E-state index is 12.9. The first kappa shape index (κ1) is 64.4. The van der Waals surface area contributed by atoms with Crippen LogP contribution in [0.2, 0.25) is 0 Å². The summed E-state index contributed by atoms with van der Waals surface area (Å²) in [6.07, 6.45) is 56.6. The molecule has 0 saturated carbocycles. The third-order valence-electron chi connectivity index (χ3n) is 13.7. The molecule has 0 saturated heterocycles. The van der Waals surface area contributed by atoms with E-state index >= 15 is 0 Å². The molecular weight excluding hydrogens is 817 g/mol. The van der Waals surface area contributed by atoms with Crippen molar-refractivity contribution in [3.05, 3.63) is 0 Å². The van der Waals surface area contributed by atoms with Gasteiger partial charge in [0.05, 0.1) is 0 Å². The fourth-order valence-corrected chi connectivity index (χ4v) is 9.23. The molecule has 0 bridgehead atoms. The number of esters is 3. The zero-order valence-corrected chi connectivity index (χ0v) is 45.3. The Balaban J connectivity index is 4.29. The lowest BCUT2D eigenvalue weighted by Crippen LogP contribution is -2.30. The molecule has 0 aromatic rings. The molecule has 0 spiro atoms. The minimum absolute atomic E-state index is 0.0623. The maximum Gasteiger partial charge on any atom is 0.306 e. The van der Waals surface area contributed by atoms with Crippen LogP contribution in [0.4, 0.5) is 0 Å². The van der Waals surface area contributed by atoms with Crippen LogP contribution < -0.4 is 0 Å². The first-order chi connectivity index (χ1) is 32.2. The van der Waals surface area contributed by atoms with Gasteiger partial charge in [-0.25, -0.2) is 0 Å². The van der Waals surface area contributed by atoms with E-state index in [2.05, 4.69) is 34.6 Å². The Labute approximate surface area is 412 Å². The number of ether oxygens (including phenoxy) is 3. The molecule has 0 radical (unpaired) electrons. The van der Waals surface area contributed by atoms with Crippen LogP contribution in [0.25, 0.3) is 0 Å². The lowest BCUT2D eigenvalue weighted by atomic mass is 10.0. The van der Waals surface area contributed by atoms with E-state index in [1.54, 1.807) is 0 Å². The molecule has 0 aromatic carbocycles. The van der Waals surface area contributed by atoms with Gasteiger partial charge in [0.25, 0.3) is 0 Å². The third-order valence-corrected chi connectivity index (χ3v) is 13.7. The van der Waals surface area contributed by atoms with Crippen LogP contribution in [0.5, 0.6) is 0 Å². The SMILES string of the molecule is CCCCCCCCCCCCCCCCC(=O)OC[C@H](COC(=O)CCCCCCCCCCCCCCCCCC(C)C)OC(=O)CCCCCCCCCCCCCCCC(C)C. The fourth-order valence-electron chi connectivity index (χ4n) is 9.23. The average molecular weight is 934 g/mol. The molecule has 0 amide bonds. The van der Waals surface area contributed by atoms with Gasteiger partial charge in [-0.15, -0.1) is 0 Å². The van der Waals surface area contributed by atoms with Crippen LogP contribution in [-0.4, -0.2) is 37.2 Å². The van der Waals surface area contributed by atoms with Crippen LogP contribution >= 0.6 is 0 Å². The molecule has 0 heterocycles. The molecule has 66 heavy (non-hydrogen) atoms. The number of unbranched alkanes of at least 4 members (excludes halogenated alkanes) is 39. The highest BCUT2D eigenvalue weighted by Crippen LogP contribution is 2.18. The van der Waals surface area contributed by atoms with Gasteiger partial charge in [0.15, 0.2) is 6.10 Å². The Morgan fingerprint density at radius 1 is 0.288 bits per heavy atom. The minimum atomic E-state index is -0.763. The van der Waals surface area contributed by atoms with Crippen molar-refractivity contribution in [1.29, 1.82) is 0 Å². The molecule has 0 aromatic heterocycles. The van der Waals surface area contributed by atoms with Gasteiger partial charge in [-0.1, -0.05) is 298 Å². The van der Waals surface area contributed by atoms with Gasteiger partial charge >= 0.3 is 17.9 Å². The molecule has 0 unspecified atom stereocenters. The number of hydrogen-bond donors (Lipinski definition) is 0. The summed E-state index contributed by atoms with van der Waals surface area (Å²) in [4.78, 5) is 38.2. The van der Waals surface area contributed by atoms with Crippen LogP contribution in [0, 0.1) is 11.8 Å². The van der Waals surface area contributed by atoms with Crippen molar-refractivity contribution in [3.63, 3.8) is 0 Å². The lowest BCUT2D eigenvalue weighted by Gasteiger charge is -2.18. The molecule has 0 aliphatic heterocycles. The van der Waals surface area contributed by atoms with Crippen molar-refractivity contribution in [2.75, 3.05) is 13.2 Å². The highest BCUT2D eigenvalue weighted by atomic mass is 16.6. The van der Waals surface area contributed by atoms with Gasteiger partial charge in [0.2, 0.25) is 0 Å². The Kier molecular flexibility index (Phi) is 51.5. The van der Waals surface area contributed by atoms with Gasteiger partial charge in [-0.3, -0.25) is 14.4 Å².